The number of benzene rings is 1. The van der Waals surface area contributed by atoms with Crippen LogP contribution in [-0.4, -0.2) is 58.2 Å². The molecule has 2 aliphatic heterocycles. The minimum atomic E-state index is -0.0755. The summed E-state index contributed by atoms with van der Waals surface area (Å²) >= 11 is 0. The van der Waals surface area contributed by atoms with Crippen molar-refractivity contribution in [2.24, 2.45) is 11.8 Å². The minimum absolute atomic E-state index is 0.0755. The van der Waals surface area contributed by atoms with E-state index >= 15 is 0 Å². The highest BCUT2D eigenvalue weighted by atomic mass is 16.2. The van der Waals surface area contributed by atoms with Crippen molar-refractivity contribution in [2.45, 2.75) is 65.0 Å². The molecule has 2 atom stereocenters. The maximum atomic E-state index is 13.2. The molecule has 2 aromatic rings. The van der Waals surface area contributed by atoms with Crippen LogP contribution >= 0.6 is 0 Å². The quantitative estimate of drug-likeness (QED) is 0.714. The Hall–Kier alpha value is -2.21. The SMILES string of the molecule is CC(C)Cn1nc(CC(=O)N(C)C[C@H]2CCCN3CCCC[C@@H]23)c2ccccc2c1=O. The predicted octanol–water partition coefficient (Wildman–Crippen LogP) is 3.32. The van der Waals surface area contributed by atoms with Gasteiger partial charge >= 0.3 is 0 Å². The van der Waals surface area contributed by atoms with Crippen molar-refractivity contribution < 1.29 is 4.79 Å². The first-order valence-corrected chi connectivity index (χ1v) is 11.9. The lowest BCUT2D eigenvalue weighted by molar-refractivity contribution is -0.130. The highest BCUT2D eigenvalue weighted by Gasteiger charge is 2.34. The van der Waals surface area contributed by atoms with E-state index in [4.69, 9.17) is 0 Å². The normalized spacial score (nSPS) is 21.9. The summed E-state index contributed by atoms with van der Waals surface area (Å²) in [6.07, 6.45) is 6.55. The Bertz CT molecular complexity index is 981. The summed E-state index contributed by atoms with van der Waals surface area (Å²) in [6.45, 7) is 7.93. The molecule has 31 heavy (non-hydrogen) atoms. The van der Waals surface area contributed by atoms with E-state index in [0.717, 1.165) is 11.9 Å². The third-order valence-corrected chi connectivity index (χ3v) is 6.96. The van der Waals surface area contributed by atoms with Crippen LogP contribution in [0.25, 0.3) is 10.8 Å². The Labute approximate surface area is 185 Å². The standard InChI is InChI=1S/C25H36N4O2/c1-18(2)16-29-25(31)21-11-5-4-10-20(21)22(26-29)15-24(30)27(3)17-19-9-8-14-28-13-7-6-12-23(19)28/h4-5,10-11,18-19,23H,6-9,12-17H2,1-3H3/t19-,23+/m1/s1. The number of carbonyl (C=O) groups is 1. The molecule has 0 aliphatic carbocycles. The molecular formula is C25H36N4O2. The average Bonchev–Trinajstić information content (AvgIpc) is 2.77. The van der Waals surface area contributed by atoms with Crippen LogP contribution in [0.1, 0.15) is 51.6 Å². The molecule has 168 valence electrons. The van der Waals surface area contributed by atoms with E-state index in [1.54, 1.807) is 0 Å². The number of nitrogens with zero attached hydrogens (tertiary/aromatic N) is 4. The van der Waals surface area contributed by atoms with Crippen LogP contribution in [-0.2, 0) is 17.8 Å². The van der Waals surface area contributed by atoms with E-state index < -0.39 is 0 Å². The second kappa shape index (κ2) is 9.51. The zero-order valence-electron chi connectivity index (χ0n) is 19.2. The van der Waals surface area contributed by atoms with Gasteiger partial charge in [0.25, 0.3) is 5.56 Å². The summed E-state index contributed by atoms with van der Waals surface area (Å²) in [4.78, 5) is 30.6. The Kier molecular flexibility index (Phi) is 6.75. The molecule has 3 heterocycles. The predicted molar refractivity (Wildman–Crippen MR) is 124 cm³/mol. The molecule has 6 heteroatoms. The molecule has 2 saturated heterocycles. The van der Waals surface area contributed by atoms with Crippen LogP contribution in [0.2, 0.25) is 0 Å². The van der Waals surface area contributed by atoms with Gasteiger partial charge in [0.2, 0.25) is 5.91 Å². The van der Waals surface area contributed by atoms with E-state index in [-0.39, 0.29) is 17.9 Å². The number of hydrogen-bond donors (Lipinski definition) is 0. The monoisotopic (exact) mass is 424 g/mol. The lowest BCUT2D eigenvalue weighted by Crippen LogP contribution is -2.51. The van der Waals surface area contributed by atoms with E-state index in [9.17, 15) is 9.59 Å². The number of likely N-dealkylation sites (N-methyl/N-ethyl adjacent to an activating group) is 1. The first-order chi connectivity index (χ1) is 14.9. The zero-order chi connectivity index (χ0) is 22.0. The maximum absolute atomic E-state index is 13.2. The van der Waals surface area contributed by atoms with Gasteiger partial charge in [-0.05, 0) is 56.7 Å². The molecule has 2 aliphatic rings. The lowest BCUT2D eigenvalue weighted by atomic mass is 9.83. The average molecular weight is 425 g/mol. The van der Waals surface area contributed by atoms with Gasteiger partial charge in [0.15, 0.2) is 0 Å². The van der Waals surface area contributed by atoms with Crippen LogP contribution in [0.3, 0.4) is 0 Å². The summed E-state index contributed by atoms with van der Waals surface area (Å²) in [7, 11) is 1.93. The van der Waals surface area contributed by atoms with Gasteiger partial charge in [-0.25, -0.2) is 4.68 Å². The molecule has 0 saturated carbocycles. The second-order valence-electron chi connectivity index (χ2n) is 9.83. The Morgan fingerprint density at radius 3 is 2.65 bits per heavy atom. The van der Waals surface area contributed by atoms with Crippen LogP contribution < -0.4 is 5.56 Å². The minimum Gasteiger partial charge on any atom is -0.345 e. The van der Waals surface area contributed by atoms with E-state index in [2.05, 4.69) is 23.8 Å². The molecule has 0 N–H and O–H groups in total. The molecule has 0 spiro atoms. The highest BCUT2D eigenvalue weighted by Crippen LogP contribution is 2.31. The molecule has 0 radical (unpaired) electrons. The van der Waals surface area contributed by atoms with Crippen molar-refractivity contribution in [3.8, 4) is 0 Å². The summed E-state index contributed by atoms with van der Waals surface area (Å²) in [6, 6.07) is 8.17. The molecule has 0 bridgehead atoms. The number of piperidine rings is 2. The molecule has 6 nitrogen and oxygen atoms in total. The van der Waals surface area contributed by atoms with Crippen molar-refractivity contribution in [1.82, 2.24) is 19.6 Å². The largest absolute Gasteiger partial charge is 0.345 e. The van der Waals surface area contributed by atoms with Gasteiger partial charge in [0, 0.05) is 31.6 Å². The lowest BCUT2D eigenvalue weighted by Gasteiger charge is -2.45. The van der Waals surface area contributed by atoms with Crippen molar-refractivity contribution in [1.29, 1.82) is 0 Å². The van der Waals surface area contributed by atoms with Crippen LogP contribution in [0.4, 0.5) is 0 Å². The number of hydrogen-bond acceptors (Lipinski definition) is 4. The van der Waals surface area contributed by atoms with Gasteiger partial charge in [-0.1, -0.05) is 38.5 Å². The third kappa shape index (κ3) is 4.84. The summed E-state index contributed by atoms with van der Waals surface area (Å²) in [5.41, 5.74) is 0.629. The van der Waals surface area contributed by atoms with Gasteiger partial charge in [0.1, 0.15) is 0 Å². The number of fused-ring (bicyclic) bond motifs is 2. The molecule has 1 aromatic carbocycles. The number of aromatic nitrogens is 2. The summed E-state index contributed by atoms with van der Waals surface area (Å²) in [5.74, 6) is 0.949. The fourth-order valence-corrected chi connectivity index (χ4v) is 5.43. The second-order valence-corrected chi connectivity index (χ2v) is 9.83. The van der Waals surface area contributed by atoms with Gasteiger partial charge in [-0.3, -0.25) is 9.59 Å². The highest BCUT2D eigenvalue weighted by molar-refractivity contribution is 5.88. The number of carbonyl (C=O) groups excluding carboxylic acids is 1. The fraction of sp³-hybridized carbons (Fsp3) is 0.640. The maximum Gasteiger partial charge on any atom is 0.274 e. The van der Waals surface area contributed by atoms with E-state index in [1.165, 1.54) is 49.9 Å². The summed E-state index contributed by atoms with van der Waals surface area (Å²) < 4.78 is 1.54. The number of amides is 1. The van der Waals surface area contributed by atoms with E-state index in [0.29, 0.717) is 35.5 Å². The van der Waals surface area contributed by atoms with Crippen molar-refractivity contribution >= 4 is 16.7 Å². The number of rotatable bonds is 6. The molecule has 4 rings (SSSR count). The van der Waals surface area contributed by atoms with Gasteiger partial charge in [-0.2, -0.15) is 5.10 Å². The van der Waals surface area contributed by atoms with Gasteiger partial charge in [0.05, 0.1) is 17.5 Å². The summed E-state index contributed by atoms with van der Waals surface area (Å²) in [5, 5.41) is 6.07. The third-order valence-electron chi connectivity index (χ3n) is 6.96. The van der Waals surface area contributed by atoms with Crippen molar-refractivity contribution in [3.63, 3.8) is 0 Å². The van der Waals surface area contributed by atoms with Gasteiger partial charge < -0.3 is 9.80 Å². The Morgan fingerprint density at radius 1 is 1.13 bits per heavy atom. The molecule has 1 amide bonds. The van der Waals surface area contributed by atoms with Crippen LogP contribution in [0.5, 0.6) is 0 Å². The van der Waals surface area contributed by atoms with Crippen LogP contribution in [0.15, 0.2) is 29.1 Å². The van der Waals surface area contributed by atoms with Crippen molar-refractivity contribution in [2.75, 3.05) is 26.7 Å². The fourth-order valence-electron chi connectivity index (χ4n) is 5.43. The van der Waals surface area contributed by atoms with Crippen molar-refractivity contribution in [3.05, 3.63) is 40.3 Å². The topological polar surface area (TPSA) is 58.4 Å². The van der Waals surface area contributed by atoms with Gasteiger partial charge in [-0.15, -0.1) is 0 Å². The van der Waals surface area contributed by atoms with Crippen LogP contribution in [0, 0.1) is 11.8 Å². The van der Waals surface area contributed by atoms with E-state index in [1.807, 2.05) is 36.2 Å². The first-order valence-electron chi connectivity index (χ1n) is 11.9. The molecule has 2 fully saturated rings. The Morgan fingerprint density at radius 2 is 1.87 bits per heavy atom. The zero-order valence-corrected chi connectivity index (χ0v) is 19.2. The first kappa shape index (κ1) is 22.0. The smallest absolute Gasteiger partial charge is 0.274 e. The molecule has 0 unspecified atom stereocenters. The molecule has 1 aromatic heterocycles. The molecular weight excluding hydrogens is 388 g/mol. The Balaban J connectivity index is 1.52.